The molecular formula is C20H42BrNO3. The molecule has 0 amide bonds. The van der Waals surface area contributed by atoms with E-state index in [1.807, 2.05) is 0 Å². The molecule has 1 heterocycles. The fourth-order valence-corrected chi connectivity index (χ4v) is 3.06. The number of unbranched alkanes of at least 4 members (excludes halogenated alkanes) is 4. The number of hydrogen-bond donors (Lipinski definition) is 0. The fourth-order valence-electron chi connectivity index (χ4n) is 3.06. The molecule has 1 rings (SSSR count). The first-order chi connectivity index (χ1) is 11.5. The van der Waals surface area contributed by atoms with Gasteiger partial charge >= 0.3 is 6.16 Å². The van der Waals surface area contributed by atoms with E-state index in [2.05, 4.69) is 37.2 Å². The first-order valence-electron chi connectivity index (χ1n) is 10.2. The average molecular weight is 424 g/mol. The Morgan fingerprint density at radius 1 is 0.840 bits per heavy atom. The number of cyclic esters (lactones) is 2. The summed E-state index contributed by atoms with van der Waals surface area (Å²) in [6, 6.07) is 0. The highest BCUT2D eigenvalue weighted by Gasteiger charge is 2.24. The lowest BCUT2D eigenvalue weighted by Gasteiger charge is -2.39. The number of carbonyl (C=O) groups excluding carboxylic acids is 1. The topological polar surface area (TPSA) is 35.5 Å². The summed E-state index contributed by atoms with van der Waals surface area (Å²) in [4.78, 5) is 10.0. The normalized spacial score (nSPS) is 16.4. The number of ether oxygens (including phenoxy) is 2. The van der Waals surface area contributed by atoms with Crippen LogP contribution in [0.4, 0.5) is 4.79 Å². The van der Waals surface area contributed by atoms with E-state index in [9.17, 15) is 4.79 Å². The van der Waals surface area contributed by atoms with E-state index in [0.29, 0.717) is 6.61 Å². The molecule has 25 heavy (non-hydrogen) atoms. The monoisotopic (exact) mass is 423 g/mol. The van der Waals surface area contributed by atoms with Crippen molar-refractivity contribution in [3.63, 3.8) is 0 Å². The second kappa shape index (κ2) is 17.1. The van der Waals surface area contributed by atoms with E-state index in [4.69, 9.17) is 0 Å². The summed E-state index contributed by atoms with van der Waals surface area (Å²) in [5.41, 5.74) is 0. The van der Waals surface area contributed by atoms with Gasteiger partial charge in [0.15, 0.2) is 0 Å². The van der Waals surface area contributed by atoms with Crippen molar-refractivity contribution in [1.29, 1.82) is 0 Å². The number of quaternary nitrogens is 1. The molecule has 5 heteroatoms. The summed E-state index contributed by atoms with van der Waals surface area (Å²) in [5, 5.41) is 0. The van der Waals surface area contributed by atoms with Gasteiger partial charge in [-0.05, 0) is 32.6 Å². The van der Waals surface area contributed by atoms with Crippen LogP contribution in [0.5, 0.6) is 0 Å². The minimum Gasteiger partial charge on any atom is -1.00 e. The molecule has 1 aliphatic heterocycles. The van der Waals surface area contributed by atoms with Gasteiger partial charge < -0.3 is 30.9 Å². The SMILES string of the molecule is CC1COC(=O)O1.CCCC[N+](CCCC)(CCCC)CCCC.[Br-]. The van der Waals surface area contributed by atoms with Crippen LogP contribution in [0.1, 0.15) is 86.0 Å². The maximum atomic E-state index is 10.0. The summed E-state index contributed by atoms with van der Waals surface area (Å²) in [6.45, 7) is 17.2. The zero-order chi connectivity index (χ0) is 18.3. The van der Waals surface area contributed by atoms with Crippen molar-refractivity contribution in [3.8, 4) is 0 Å². The predicted octanol–water partition coefficient (Wildman–Crippen LogP) is 2.55. The molecule has 4 nitrogen and oxygen atoms in total. The highest BCUT2D eigenvalue weighted by molar-refractivity contribution is 5.61. The second-order valence-electron chi connectivity index (χ2n) is 7.14. The van der Waals surface area contributed by atoms with Crippen LogP contribution >= 0.6 is 0 Å². The smallest absolute Gasteiger partial charge is 0.508 e. The van der Waals surface area contributed by atoms with E-state index in [1.54, 1.807) is 6.92 Å². The summed E-state index contributed by atoms with van der Waals surface area (Å²) >= 11 is 0. The molecule has 1 atom stereocenters. The number of hydrogen-bond acceptors (Lipinski definition) is 3. The van der Waals surface area contributed by atoms with Crippen LogP contribution in [0.2, 0.25) is 0 Å². The van der Waals surface area contributed by atoms with E-state index >= 15 is 0 Å². The van der Waals surface area contributed by atoms with Crippen LogP contribution < -0.4 is 17.0 Å². The van der Waals surface area contributed by atoms with Gasteiger partial charge in [0, 0.05) is 0 Å². The van der Waals surface area contributed by atoms with Crippen molar-refractivity contribution in [2.75, 3.05) is 32.8 Å². The molecule has 0 aromatic carbocycles. The first-order valence-corrected chi connectivity index (χ1v) is 10.2. The zero-order valence-electron chi connectivity index (χ0n) is 17.3. The molecule has 0 N–H and O–H groups in total. The summed E-state index contributed by atoms with van der Waals surface area (Å²) in [5.74, 6) is 0. The molecule has 0 bridgehead atoms. The lowest BCUT2D eigenvalue weighted by atomic mass is 10.1. The molecule has 1 unspecified atom stereocenters. The third-order valence-corrected chi connectivity index (χ3v) is 4.68. The Balaban J connectivity index is 0. The van der Waals surface area contributed by atoms with Gasteiger partial charge in [0.05, 0.1) is 26.2 Å². The Hall–Kier alpha value is -0.290. The Morgan fingerprint density at radius 3 is 1.36 bits per heavy atom. The van der Waals surface area contributed by atoms with Gasteiger partial charge in [-0.1, -0.05) is 53.4 Å². The zero-order valence-corrected chi connectivity index (χ0v) is 18.9. The van der Waals surface area contributed by atoms with Crippen LogP contribution in [-0.2, 0) is 9.47 Å². The lowest BCUT2D eigenvalue weighted by molar-refractivity contribution is -0.929. The Labute approximate surface area is 167 Å². The van der Waals surface area contributed by atoms with Gasteiger partial charge in [-0.3, -0.25) is 0 Å². The molecule has 0 aliphatic carbocycles. The van der Waals surface area contributed by atoms with Crippen molar-refractivity contribution >= 4 is 6.16 Å². The average Bonchev–Trinajstić information content (AvgIpc) is 2.97. The molecule has 0 saturated carbocycles. The predicted molar refractivity (Wildman–Crippen MR) is 101 cm³/mol. The standard InChI is InChI=1S/C16H36N.C4H6O3.BrH/c1-5-9-13-17(14-10-6-2,15-11-7-3)16-12-8-4;1-3-2-6-4(5)7-3;/h5-16H2,1-4H3;3H,2H2,1H3;1H/q+1;;/p-1. The Kier molecular flexibility index (Phi) is 18.5. The molecule has 1 fully saturated rings. The first kappa shape index (κ1) is 26.9. The van der Waals surface area contributed by atoms with Crippen molar-refractivity contribution in [3.05, 3.63) is 0 Å². The quantitative estimate of drug-likeness (QED) is 0.357. The third-order valence-electron chi connectivity index (χ3n) is 4.68. The minimum absolute atomic E-state index is 0. The maximum absolute atomic E-state index is 10.0. The van der Waals surface area contributed by atoms with Crippen LogP contribution in [0.15, 0.2) is 0 Å². The van der Waals surface area contributed by atoms with Gasteiger partial charge in [0.1, 0.15) is 12.7 Å². The molecule has 0 aromatic heterocycles. The van der Waals surface area contributed by atoms with Crippen LogP contribution in [0, 0.1) is 0 Å². The van der Waals surface area contributed by atoms with Crippen molar-refractivity contribution < 1.29 is 35.7 Å². The van der Waals surface area contributed by atoms with Crippen molar-refractivity contribution in [1.82, 2.24) is 0 Å². The molecule has 1 aliphatic rings. The van der Waals surface area contributed by atoms with Gasteiger partial charge in [-0.15, -0.1) is 0 Å². The van der Waals surface area contributed by atoms with Crippen LogP contribution in [0.3, 0.4) is 0 Å². The highest BCUT2D eigenvalue weighted by Crippen LogP contribution is 2.16. The Bertz CT molecular complexity index is 276. The number of halogens is 1. The van der Waals surface area contributed by atoms with Gasteiger partial charge in [-0.2, -0.15) is 0 Å². The van der Waals surface area contributed by atoms with E-state index in [0.717, 1.165) is 0 Å². The number of rotatable bonds is 12. The van der Waals surface area contributed by atoms with Crippen molar-refractivity contribution in [2.45, 2.75) is 92.1 Å². The fraction of sp³-hybridized carbons (Fsp3) is 0.950. The third kappa shape index (κ3) is 13.6. The van der Waals surface area contributed by atoms with Crippen molar-refractivity contribution in [2.24, 2.45) is 0 Å². The van der Waals surface area contributed by atoms with E-state index < -0.39 is 6.16 Å². The minimum atomic E-state index is -0.549. The number of nitrogens with zero attached hydrogens (tertiary/aromatic N) is 1. The summed E-state index contributed by atoms with van der Waals surface area (Å²) in [6.07, 6.45) is 10.5. The summed E-state index contributed by atoms with van der Waals surface area (Å²) < 4.78 is 10.3. The van der Waals surface area contributed by atoms with Crippen LogP contribution in [-0.4, -0.2) is 49.5 Å². The molecule has 0 radical (unpaired) electrons. The molecule has 0 aromatic rings. The number of carbonyl (C=O) groups is 1. The maximum Gasteiger partial charge on any atom is 0.508 e. The largest absolute Gasteiger partial charge is 1.00 e. The van der Waals surface area contributed by atoms with E-state index in [-0.39, 0.29) is 23.1 Å². The Morgan fingerprint density at radius 2 is 1.20 bits per heavy atom. The van der Waals surface area contributed by atoms with Gasteiger partial charge in [0.25, 0.3) is 0 Å². The lowest BCUT2D eigenvalue weighted by Crippen LogP contribution is -3.00. The second-order valence-corrected chi connectivity index (χ2v) is 7.14. The van der Waals surface area contributed by atoms with Gasteiger partial charge in [0.2, 0.25) is 0 Å². The molecule has 0 spiro atoms. The highest BCUT2D eigenvalue weighted by atomic mass is 79.9. The molecular weight excluding hydrogens is 382 g/mol. The van der Waals surface area contributed by atoms with Gasteiger partial charge in [-0.25, -0.2) is 4.79 Å². The summed E-state index contributed by atoms with van der Waals surface area (Å²) in [7, 11) is 0. The molecule has 1 saturated heterocycles. The van der Waals surface area contributed by atoms with E-state index in [1.165, 1.54) is 82.0 Å². The van der Waals surface area contributed by atoms with Crippen LogP contribution in [0.25, 0.3) is 0 Å². The molecule has 152 valence electrons.